The van der Waals surface area contributed by atoms with Crippen molar-refractivity contribution in [3.8, 4) is 0 Å². The predicted molar refractivity (Wildman–Crippen MR) is 61.1 cm³/mol. The normalized spacial score (nSPS) is 13.1. The zero-order valence-corrected chi connectivity index (χ0v) is 10.3. The third-order valence-corrected chi connectivity index (χ3v) is 2.65. The van der Waals surface area contributed by atoms with Crippen LogP contribution in [0, 0.1) is 13.8 Å². The van der Waals surface area contributed by atoms with Gasteiger partial charge in [0.2, 0.25) is 0 Å². The molecule has 1 aromatic rings. The van der Waals surface area contributed by atoms with Gasteiger partial charge in [-0.25, -0.2) is 0 Å². The van der Waals surface area contributed by atoms with Crippen LogP contribution in [-0.4, -0.2) is 30.5 Å². The number of aromatic nitrogens is 2. The summed E-state index contributed by atoms with van der Waals surface area (Å²) in [5.41, 5.74) is 3.62. The van der Waals surface area contributed by atoms with E-state index < -0.39 is 0 Å². The molecule has 15 heavy (non-hydrogen) atoms. The van der Waals surface area contributed by atoms with Crippen LogP contribution < -0.4 is 5.32 Å². The van der Waals surface area contributed by atoms with Crippen molar-refractivity contribution in [1.82, 2.24) is 15.1 Å². The second kappa shape index (κ2) is 5.28. The molecule has 1 unspecified atom stereocenters. The van der Waals surface area contributed by atoms with Gasteiger partial charge < -0.3 is 10.1 Å². The van der Waals surface area contributed by atoms with Gasteiger partial charge in [-0.05, 0) is 27.8 Å². The number of nitrogens with zero attached hydrogens (tertiary/aromatic N) is 2. The van der Waals surface area contributed by atoms with Crippen LogP contribution in [-0.2, 0) is 11.3 Å². The first-order chi connectivity index (χ1) is 7.11. The molecule has 0 aliphatic heterocycles. The smallest absolute Gasteiger partial charge is 0.0727 e. The quantitative estimate of drug-likeness (QED) is 0.800. The Morgan fingerprint density at radius 1 is 1.47 bits per heavy atom. The van der Waals surface area contributed by atoms with Crippen LogP contribution in [0.25, 0.3) is 0 Å². The molecule has 0 aliphatic carbocycles. The minimum absolute atomic E-state index is 0.291. The minimum Gasteiger partial charge on any atom is -0.382 e. The van der Waals surface area contributed by atoms with E-state index in [4.69, 9.17) is 4.74 Å². The van der Waals surface area contributed by atoms with Gasteiger partial charge in [-0.3, -0.25) is 4.68 Å². The Balaban J connectivity index is 2.95. The minimum atomic E-state index is 0.291. The fourth-order valence-electron chi connectivity index (χ4n) is 1.87. The lowest BCUT2D eigenvalue weighted by Gasteiger charge is -2.13. The summed E-state index contributed by atoms with van der Waals surface area (Å²) >= 11 is 0. The summed E-state index contributed by atoms with van der Waals surface area (Å²) in [7, 11) is 3.67. The molecular formula is C11H21N3O. The van der Waals surface area contributed by atoms with E-state index in [1.807, 2.05) is 11.7 Å². The summed E-state index contributed by atoms with van der Waals surface area (Å²) in [5, 5.41) is 7.71. The number of rotatable bonds is 5. The molecule has 0 aliphatic rings. The van der Waals surface area contributed by atoms with Gasteiger partial charge in [-0.15, -0.1) is 0 Å². The van der Waals surface area contributed by atoms with Crippen molar-refractivity contribution in [3.05, 3.63) is 17.0 Å². The highest BCUT2D eigenvalue weighted by atomic mass is 16.5. The Bertz CT molecular complexity index is 320. The van der Waals surface area contributed by atoms with Gasteiger partial charge in [0, 0.05) is 24.9 Å². The van der Waals surface area contributed by atoms with Crippen LogP contribution in [0.4, 0.5) is 0 Å². The lowest BCUT2D eigenvalue weighted by atomic mass is 10.2. The molecule has 4 heteroatoms. The lowest BCUT2D eigenvalue weighted by Crippen LogP contribution is -2.14. The number of ether oxygens (including phenoxy) is 1. The van der Waals surface area contributed by atoms with Gasteiger partial charge in [-0.1, -0.05) is 0 Å². The summed E-state index contributed by atoms with van der Waals surface area (Å²) in [6.07, 6.45) is 0. The topological polar surface area (TPSA) is 39.1 Å². The number of methoxy groups -OCH3 is 1. The zero-order chi connectivity index (χ0) is 11.4. The highest BCUT2D eigenvalue weighted by Gasteiger charge is 2.14. The van der Waals surface area contributed by atoms with Crippen LogP contribution in [0.1, 0.15) is 29.9 Å². The summed E-state index contributed by atoms with van der Waals surface area (Å²) < 4.78 is 7.19. The van der Waals surface area contributed by atoms with Gasteiger partial charge in [0.15, 0.2) is 0 Å². The molecule has 0 aromatic carbocycles. The Kier molecular flexibility index (Phi) is 4.29. The molecule has 4 nitrogen and oxygen atoms in total. The Morgan fingerprint density at radius 3 is 2.67 bits per heavy atom. The maximum absolute atomic E-state index is 5.15. The molecule has 0 saturated carbocycles. The van der Waals surface area contributed by atoms with Crippen LogP contribution >= 0.6 is 0 Å². The largest absolute Gasteiger partial charge is 0.382 e. The van der Waals surface area contributed by atoms with E-state index in [1.54, 1.807) is 7.11 Å². The molecule has 1 heterocycles. The summed E-state index contributed by atoms with van der Waals surface area (Å²) in [5.74, 6) is 0. The number of hydrogen-bond donors (Lipinski definition) is 1. The molecule has 1 rings (SSSR count). The third kappa shape index (κ3) is 2.58. The average molecular weight is 211 g/mol. The molecule has 1 N–H and O–H groups in total. The van der Waals surface area contributed by atoms with E-state index >= 15 is 0 Å². The van der Waals surface area contributed by atoms with E-state index in [9.17, 15) is 0 Å². The molecule has 0 bridgehead atoms. The Hall–Kier alpha value is -0.870. The molecule has 0 radical (unpaired) electrons. The maximum Gasteiger partial charge on any atom is 0.0727 e. The van der Waals surface area contributed by atoms with Gasteiger partial charge >= 0.3 is 0 Å². The first-order valence-electron chi connectivity index (χ1n) is 5.30. The Labute approximate surface area is 91.6 Å². The van der Waals surface area contributed by atoms with Crippen molar-refractivity contribution in [3.63, 3.8) is 0 Å². The average Bonchev–Trinajstić information content (AvgIpc) is 2.47. The van der Waals surface area contributed by atoms with Crippen molar-refractivity contribution in [2.45, 2.75) is 33.4 Å². The summed E-state index contributed by atoms with van der Waals surface area (Å²) in [6.45, 7) is 7.85. The van der Waals surface area contributed by atoms with Crippen LogP contribution in [0.15, 0.2) is 0 Å². The molecule has 0 fully saturated rings. The predicted octanol–water partition coefficient (Wildman–Crippen LogP) is 1.43. The summed E-state index contributed by atoms with van der Waals surface area (Å²) in [4.78, 5) is 0. The zero-order valence-electron chi connectivity index (χ0n) is 10.3. The Morgan fingerprint density at radius 2 is 2.13 bits per heavy atom. The van der Waals surface area contributed by atoms with Crippen molar-refractivity contribution in [1.29, 1.82) is 0 Å². The second-order valence-corrected chi connectivity index (χ2v) is 3.93. The van der Waals surface area contributed by atoms with Crippen LogP contribution in [0.2, 0.25) is 0 Å². The SMILES string of the molecule is CNCc1c(C)nn(C(C)COC)c1C. The van der Waals surface area contributed by atoms with Crippen LogP contribution in [0.5, 0.6) is 0 Å². The van der Waals surface area contributed by atoms with Gasteiger partial charge in [0.1, 0.15) is 0 Å². The monoisotopic (exact) mass is 211 g/mol. The van der Waals surface area contributed by atoms with Crippen molar-refractivity contribution in [2.24, 2.45) is 0 Å². The first-order valence-corrected chi connectivity index (χ1v) is 5.30. The van der Waals surface area contributed by atoms with Crippen molar-refractivity contribution < 1.29 is 4.74 Å². The van der Waals surface area contributed by atoms with Gasteiger partial charge in [-0.2, -0.15) is 5.10 Å². The fraction of sp³-hybridized carbons (Fsp3) is 0.727. The van der Waals surface area contributed by atoms with Gasteiger partial charge in [0.05, 0.1) is 18.3 Å². The molecule has 0 saturated heterocycles. The first kappa shape index (κ1) is 12.2. The summed E-state index contributed by atoms with van der Waals surface area (Å²) in [6, 6.07) is 0.291. The maximum atomic E-state index is 5.15. The molecule has 0 amide bonds. The number of aryl methyl sites for hydroxylation is 1. The number of hydrogen-bond acceptors (Lipinski definition) is 3. The molecule has 86 valence electrons. The van der Waals surface area contributed by atoms with Crippen LogP contribution in [0.3, 0.4) is 0 Å². The van der Waals surface area contributed by atoms with Crippen molar-refractivity contribution >= 4 is 0 Å². The van der Waals surface area contributed by atoms with E-state index in [1.165, 1.54) is 11.3 Å². The third-order valence-electron chi connectivity index (χ3n) is 2.65. The highest BCUT2D eigenvalue weighted by molar-refractivity contribution is 5.24. The molecule has 0 spiro atoms. The van der Waals surface area contributed by atoms with Gasteiger partial charge in [0.25, 0.3) is 0 Å². The van der Waals surface area contributed by atoms with E-state index in [0.29, 0.717) is 12.6 Å². The standard InChI is InChI=1S/C11H21N3O/c1-8(7-15-5)14-10(3)11(6-12-4)9(2)13-14/h8,12H,6-7H2,1-5H3. The second-order valence-electron chi connectivity index (χ2n) is 3.93. The molecule has 1 aromatic heterocycles. The van der Waals surface area contributed by atoms with E-state index in [2.05, 4.69) is 31.2 Å². The molecular weight excluding hydrogens is 190 g/mol. The lowest BCUT2D eigenvalue weighted by molar-refractivity contribution is 0.156. The molecule has 1 atom stereocenters. The fourth-order valence-corrected chi connectivity index (χ4v) is 1.87. The van der Waals surface area contributed by atoms with E-state index in [-0.39, 0.29) is 0 Å². The number of nitrogens with one attached hydrogen (secondary N) is 1. The van der Waals surface area contributed by atoms with E-state index in [0.717, 1.165) is 12.2 Å². The van der Waals surface area contributed by atoms with Crippen molar-refractivity contribution in [2.75, 3.05) is 20.8 Å². The highest BCUT2D eigenvalue weighted by Crippen LogP contribution is 2.17.